The van der Waals surface area contributed by atoms with E-state index in [4.69, 9.17) is 4.74 Å². The van der Waals surface area contributed by atoms with Crippen molar-refractivity contribution >= 4 is 16.0 Å². The topological polar surface area (TPSA) is 92.7 Å². The van der Waals surface area contributed by atoms with Crippen molar-refractivity contribution in [3.63, 3.8) is 0 Å². The smallest absolute Gasteiger partial charge is 0.416 e. The predicted molar refractivity (Wildman–Crippen MR) is 104 cm³/mol. The van der Waals surface area contributed by atoms with Crippen LogP contribution in [0.25, 0.3) is 0 Å². The van der Waals surface area contributed by atoms with Crippen molar-refractivity contribution in [2.24, 2.45) is 0 Å². The van der Waals surface area contributed by atoms with Gasteiger partial charge in [-0.2, -0.15) is 13.2 Å². The first-order valence-corrected chi connectivity index (χ1v) is 11.2. The second-order valence-electron chi connectivity index (χ2n) is 7.83. The number of benzene rings is 2. The standard InChI is InChI=1S/C21H20F3NO5S/c1-11(20(26)27)14-3-2-4-15-18-16(9-10-17(18)30-19(14)15)25-31(28,29)13-7-5-12(6-8-13)21(22,23)24/h2-8,11,16-18,25H,9-10H2,1H3,(H,26,27). The summed E-state index contributed by atoms with van der Waals surface area (Å²) < 4.78 is 72.5. The summed E-state index contributed by atoms with van der Waals surface area (Å²) in [4.78, 5) is 11.2. The van der Waals surface area contributed by atoms with Crippen LogP contribution >= 0.6 is 0 Å². The third-order valence-corrected chi connectivity index (χ3v) is 7.44. The van der Waals surface area contributed by atoms with Crippen LogP contribution in [0.2, 0.25) is 0 Å². The molecule has 0 amide bonds. The van der Waals surface area contributed by atoms with Gasteiger partial charge in [0.05, 0.1) is 16.4 Å². The summed E-state index contributed by atoms with van der Waals surface area (Å²) in [6.45, 7) is 1.56. The molecule has 1 aliphatic heterocycles. The monoisotopic (exact) mass is 455 g/mol. The maximum atomic E-state index is 12.8. The lowest BCUT2D eigenvalue weighted by molar-refractivity contribution is -0.139. The van der Waals surface area contributed by atoms with Gasteiger partial charge in [0.25, 0.3) is 0 Å². The van der Waals surface area contributed by atoms with Crippen molar-refractivity contribution in [2.75, 3.05) is 0 Å². The number of halogens is 3. The number of alkyl halides is 3. The first-order chi connectivity index (χ1) is 14.5. The molecule has 2 aliphatic rings. The summed E-state index contributed by atoms with van der Waals surface area (Å²) in [5.74, 6) is -1.60. The summed E-state index contributed by atoms with van der Waals surface area (Å²) in [5, 5.41) is 9.35. The number of nitrogens with one attached hydrogen (secondary N) is 1. The van der Waals surface area contributed by atoms with Crippen LogP contribution in [0, 0.1) is 0 Å². The van der Waals surface area contributed by atoms with E-state index in [1.165, 1.54) is 0 Å². The highest BCUT2D eigenvalue weighted by atomic mass is 32.2. The Labute approximate surface area is 177 Å². The maximum Gasteiger partial charge on any atom is 0.416 e. The number of carbonyl (C=O) groups is 1. The molecule has 1 aliphatic carbocycles. The van der Waals surface area contributed by atoms with E-state index in [0.717, 1.165) is 29.8 Å². The number of sulfonamides is 1. The zero-order valence-corrected chi connectivity index (χ0v) is 17.2. The number of para-hydroxylation sites is 1. The second kappa shape index (κ2) is 7.52. The van der Waals surface area contributed by atoms with Gasteiger partial charge >= 0.3 is 12.1 Å². The number of carboxylic acid groups (broad SMARTS) is 1. The van der Waals surface area contributed by atoms with Gasteiger partial charge in [-0.1, -0.05) is 18.2 Å². The van der Waals surface area contributed by atoms with Crippen molar-refractivity contribution in [2.45, 2.75) is 54.8 Å². The lowest BCUT2D eigenvalue weighted by Crippen LogP contribution is -2.37. The quantitative estimate of drug-likeness (QED) is 0.714. The zero-order chi connectivity index (χ0) is 22.6. The number of ether oxygens (including phenoxy) is 1. The first-order valence-electron chi connectivity index (χ1n) is 9.71. The molecule has 2 aromatic rings. The summed E-state index contributed by atoms with van der Waals surface area (Å²) in [7, 11) is -4.05. The Kier molecular flexibility index (Phi) is 5.25. The molecule has 0 radical (unpaired) electrons. The number of hydrogen-bond acceptors (Lipinski definition) is 4. The molecule has 0 bridgehead atoms. The third kappa shape index (κ3) is 3.89. The third-order valence-electron chi connectivity index (χ3n) is 5.94. The summed E-state index contributed by atoms with van der Waals surface area (Å²) in [6, 6.07) is 8.02. The molecule has 4 unspecified atom stereocenters. The molecule has 31 heavy (non-hydrogen) atoms. The fourth-order valence-corrected chi connectivity index (χ4v) is 5.62. The van der Waals surface area contributed by atoms with Gasteiger partial charge in [-0.25, -0.2) is 13.1 Å². The second-order valence-corrected chi connectivity index (χ2v) is 9.55. The number of fused-ring (bicyclic) bond motifs is 3. The lowest BCUT2D eigenvalue weighted by Gasteiger charge is -2.20. The van der Waals surface area contributed by atoms with E-state index < -0.39 is 39.7 Å². The predicted octanol–water partition coefficient (Wildman–Crippen LogP) is 3.88. The number of aliphatic carboxylic acids is 1. The van der Waals surface area contributed by atoms with Gasteiger partial charge in [0.1, 0.15) is 11.9 Å². The van der Waals surface area contributed by atoms with Crippen molar-refractivity contribution in [3.8, 4) is 5.75 Å². The van der Waals surface area contributed by atoms with Crippen LogP contribution in [0.3, 0.4) is 0 Å². The number of hydrogen-bond donors (Lipinski definition) is 2. The highest BCUT2D eigenvalue weighted by Crippen LogP contribution is 2.50. The maximum absolute atomic E-state index is 12.8. The largest absolute Gasteiger partial charge is 0.489 e. The highest BCUT2D eigenvalue weighted by molar-refractivity contribution is 7.89. The van der Waals surface area contributed by atoms with Crippen LogP contribution in [0.5, 0.6) is 5.75 Å². The van der Waals surface area contributed by atoms with Gasteiger partial charge in [0.15, 0.2) is 0 Å². The average molecular weight is 455 g/mol. The molecule has 10 heteroatoms. The molecular formula is C21H20F3NO5S. The summed E-state index contributed by atoms with van der Waals surface area (Å²) >= 11 is 0. The van der Waals surface area contributed by atoms with Crippen molar-refractivity contribution in [1.29, 1.82) is 0 Å². The molecule has 1 heterocycles. The molecule has 2 N–H and O–H groups in total. The van der Waals surface area contributed by atoms with Gasteiger partial charge < -0.3 is 9.84 Å². The number of rotatable bonds is 5. The minimum Gasteiger partial charge on any atom is -0.489 e. The Morgan fingerprint density at radius 1 is 1.16 bits per heavy atom. The Morgan fingerprint density at radius 3 is 2.45 bits per heavy atom. The van der Waals surface area contributed by atoms with E-state index in [1.54, 1.807) is 25.1 Å². The van der Waals surface area contributed by atoms with E-state index in [0.29, 0.717) is 24.2 Å². The van der Waals surface area contributed by atoms with Crippen molar-refractivity contribution < 1.29 is 36.2 Å². The van der Waals surface area contributed by atoms with Crippen LogP contribution in [-0.4, -0.2) is 31.6 Å². The molecule has 6 nitrogen and oxygen atoms in total. The Hall–Kier alpha value is -2.59. The molecule has 166 valence electrons. The van der Waals surface area contributed by atoms with Gasteiger partial charge in [0, 0.05) is 23.1 Å². The molecule has 2 aromatic carbocycles. The molecule has 4 rings (SSSR count). The summed E-state index contributed by atoms with van der Waals surface area (Å²) in [5.41, 5.74) is 0.350. The first kappa shape index (κ1) is 21.6. The van der Waals surface area contributed by atoms with Crippen LogP contribution in [0.4, 0.5) is 13.2 Å². The fourth-order valence-electron chi connectivity index (χ4n) is 4.33. The van der Waals surface area contributed by atoms with E-state index in [2.05, 4.69) is 4.72 Å². The van der Waals surface area contributed by atoms with Gasteiger partial charge in [-0.3, -0.25) is 4.79 Å². The molecule has 0 saturated heterocycles. The molecule has 4 atom stereocenters. The van der Waals surface area contributed by atoms with Gasteiger partial charge in [-0.15, -0.1) is 0 Å². The Bertz CT molecular complexity index is 1110. The van der Waals surface area contributed by atoms with Gasteiger partial charge in [-0.05, 0) is 44.0 Å². The van der Waals surface area contributed by atoms with Crippen LogP contribution in [-0.2, 0) is 21.0 Å². The highest BCUT2D eigenvalue weighted by Gasteiger charge is 2.47. The van der Waals surface area contributed by atoms with Crippen molar-refractivity contribution in [1.82, 2.24) is 4.72 Å². The number of carboxylic acids is 1. The van der Waals surface area contributed by atoms with E-state index in [1.807, 2.05) is 0 Å². The SMILES string of the molecule is CC(C(=O)O)c1cccc2c1OC1CCC(NS(=O)(=O)c3ccc(C(F)(F)F)cc3)C21. The minimum atomic E-state index is -4.55. The van der Waals surface area contributed by atoms with E-state index in [9.17, 15) is 31.5 Å². The normalized spacial score (nSPS) is 23.7. The Morgan fingerprint density at radius 2 is 1.84 bits per heavy atom. The summed E-state index contributed by atoms with van der Waals surface area (Å²) in [6.07, 6.45) is -3.78. The minimum absolute atomic E-state index is 0.253. The Balaban J connectivity index is 1.60. The van der Waals surface area contributed by atoms with Crippen LogP contribution in [0.15, 0.2) is 47.4 Å². The molecule has 1 saturated carbocycles. The zero-order valence-electron chi connectivity index (χ0n) is 16.4. The van der Waals surface area contributed by atoms with Crippen LogP contribution < -0.4 is 9.46 Å². The average Bonchev–Trinajstić information content (AvgIpc) is 3.26. The van der Waals surface area contributed by atoms with E-state index in [-0.39, 0.29) is 16.9 Å². The molecule has 0 aromatic heterocycles. The van der Waals surface area contributed by atoms with Gasteiger partial charge in [0.2, 0.25) is 10.0 Å². The van der Waals surface area contributed by atoms with Crippen LogP contribution in [0.1, 0.15) is 48.3 Å². The molecule has 1 fully saturated rings. The lowest BCUT2D eigenvalue weighted by atomic mass is 9.90. The van der Waals surface area contributed by atoms with Crippen molar-refractivity contribution in [3.05, 3.63) is 59.2 Å². The molecule has 0 spiro atoms. The molecular weight excluding hydrogens is 435 g/mol. The fraction of sp³-hybridized carbons (Fsp3) is 0.381. The van der Waals surface area contributed by atoms with E-state index >= 15 is 0 Å².